The van der Waals surface area contributed by atoms with Crippen LogP contribution in [0.1, 0.15) is 20.3 Å². The van der Waals surface area contributed by atoms with E-state index in [4.69, 9.17) is 0 Å². The largest absolute Gasteiger partial charge is 0.394 e. The Morgan fingerprint density at radius 3 is 2.77 bits per heavy atom. The Hall–Kier alpha value is -3.00. The summed E-state index contributed by atoms with van der Waals surface area (Å²) in [6, 6.07) is 3.50. The molecule has 0 aliphatic heterocycles. The second kappa shape index (κ2) is 7.92. The average molecular weight is 354 g/mol. The topological polar surface area (TPSA) is 105 Å². The fourth-order valence-corrected chi connectivity index (χ4v) is 2.69. The van der Waals surface area contributed by atoms with E-state index in [1.54, 1.807) is 35.4 Å². The molecule has 1 atom stereocenters. The molecular formula is C18H22N6O2. The summed E-state index contributed by atoms with van der Waals surface area (Å²) in [4.78, 5) is 25.5. The molecule has 0 aliphatic rings. The van der Waals surface area contributed by atoms with Crippen molar-refractivity contribution in [1.29, 1.82) is 0 Å². The molecule has 3 aromatic rings. The Labute approximate surface area is 151 Å². The summed E-state index contributed by atoms with van der Waals surface area (Å²) >= 11 is 0. The predicted octanol–water partition coefficient (Wildman–Crippen LogP) is 2.13. The van der Waals surface area contributed by atoms with Gasteiger partial charge in [-0.3, -0.25) is 9.78 Å². The van der Waals surface area contributed by atoms with Crippen molar-refractivity contribution >= 4 is 28.2 Å². The smallest absolute Gasteiger partial charge is 0.262 e. The van der Waals surface area contributed by atoms with Gasteiger partial charge >= 0.3 is 0 Å². The minimum Gasteiger partial charge on any atom is -0.394 e. The van der Waals surface area contributed by atoms with E-state index < -0.39 is 0 Å². The van der Waals surface area contributed by atoms with Crippen LogP contribution in [0.15, 0.2) is 41.7 Å². The second-order valence-electron chi connectivity index (χ2n) is 5.87. The maximum atomic E-state index is 12.8. The molecule has 0 radical (unpaired) electrons. The number of hydrogen-bond donors (Lipinski definition) is 3. The number of anilines is 3. The molecule has 3 heterocycles. The number of aliphatic hydroxyl groups excluding tert-OH is 1. The van der Waals surface area contributed by atoms with Crippen LogP contribution in [0.4, 0.5) is 17.5 Å². The van der Waals surface area contributed by atoms with Crippen LogP contribution >= 0.6 is 0 Å². The van der Waals surface area contributed by atoms with Crippen LogP contribution < -0.4 is 16.2 Å². The fourth-order valence-electron chi connectivity index (χ4n) is 2.69. The molecule has 0 spiro atoms. The van der Waals surface area contributed by atoms with Gasteiger partial charge in [-0.05, 0) is 30.9 Å². The molecule has 26 heavy (non-hydrogen) atoms. The highest BCUT2D eigenvalue weighted by Crippen LogP contribution is 2.24. The number of aromatic nitrogens is 4. The van der Waals surface area contributed by atoms with Crippen LogP contribution in [0.5, 0.6) is 0 Å². The Kier molecular flexibility index (Phi) is 5.43. The fraction of sp³-hybridized carbons (Fsp3) is 0.333. The lowest BCUT2D eigenvalue weighted by Crippen LogP contribution is -2.26. The van der Waals surface area contributed by atoms with Gasteiger partial charge in [0.15, 0.2) is 0 Å². The second-order valence-corrected chi connectivity index (χ2v) is 5.87. The van der Waals surface area contributed by atoms with Gasteiger partial charge in [0.25, 0.3) is 5.56 Å². The summed E-state index contributed by atoms with van der Waals surface area (Å²) in [5.74, 6) is 1.55. The highest BCUT2D eigenvalue weighted by Gasteiger charge is 2.14. The molecule has 0 saturated heterocycles. The third kappa shape index (κ3) is 3.65. The van der Waals surface area contributed by atoms with Gasteiger partial charge in [-0.25, -0.2) is 9.97 Å². The summed E-state index contributed by atoms with van der Waals surface area (Å²) in [6.07, 6.45) is 7.24. The number of pyridine rings is 2. The average Bonchev–Trinajstić information content (AvgIpc) is 2.67. The standard InChI is InChI=1S/C18H22N6O2/c1-3-13(11-25)21-17-16-12(5-8-24(4-2)18(16)26)9-14(23-17)22-15-10-19-6-7-20-15/h5-10,13,25H,3-4,11H2,1-2H3,(H2,20,21,22,23). The monoisotopic (exact) mass is 354 g/mol. The molecule has 1 unspecified atom stereocenters. The normalized spacial score (nSPS) is 12.1. The third-order valence-corrected chi connectivity index (χ3v) is 4.17. The number of aliphatic hydroxyl groups is 1. The van der Waals surface area contributed by atoms with Crippen molar-refractivity contribution in [1.82, 2.24) is 19.5 Å². The number of rotatable bonds is 7. The number of nitrogens with one attached hydrogen (secondary N) is 2. The molecule has 0 bridgehead atoms. The van der Waals surface area contributed by atoms with E-state index in [1.165, 1.54) is 0 Å². The summed E-state index contributed by atoms with van der Waals surface area (Å²) in [5, 5.41) is 17.1. The minimum atomic E-state index is -0.188. The zero-order valence-corrected chi connectivity index (χ0v) is 14.8. The molecule has 0 saturated carbocycles. The van der Waals surface area contributed by atoms with Gasteiger partial charge in [0.1, 0.15) is 17.5 Å². The first kappa shape index (κ1) is 17.8. The predicted molar refractivity (Wildman–Crippen MR) is 102 cm³/mol. The van der Waals surface area contributed by atoms with E-state index in [-0.39, 0.29) is 18.2 Å². The number of nitrogens with zero attached hydrogens (tertiary/aromatic N) is 4. The molecule has 0 amide bonds. The maximum absolute atomic E-state index is 12.8. The van der Waals surface area contributed by atoms with Crippen molar-refractivity contribution in [2.75, 3.05) is 17.2 Å². The molecule has 0 aromatic carbocycles. The van der Waals surface area contributed by atoms with Crippen LogP contribution in [-0.2, 0) is 6.54 Å². The molecule has 3 aromatic heterocycles. The highest BCUT2D eigenvalue weighted by molar-refractivity contribution is 5.93. The summed E-state index contributed by atoms with van der Waals surface area (Å²) in [5.41, 5.74) is -0.112. The van der Waals surface area contributed by atoms with E-state index in [9.17, 15) is 9.90 Å². The Balaban J connectivity index is 2.12. The van der Waals surface area contributed by atoms with Crippen molar-refractivity contribution in [2.45, 2.75) is 32.9 Å². The molecule has 8 heteroatoms. The van der Waals surface area contributed by atoms with E-state index in [2.05, 4.69) is 25.6 Å². The number of aryl methyl sites for hydroxylation is 1. The highest BCUT2D eigenvalue weighted by atomic mass is 16.3. The Morgan fingerprint density at radius 2 is 2.12 bits per heavy atom. The van der Waals surface area contributed by atoms with Crippen molar-refractivity contribution < 1.29 is 5.11 Å². The van der Waals surface area contributed by atoms with Gasteiger partial charge in [0.05, 0.1) is 24.2 Å². The van der Waals surface area contributed by atoms with Gasteiger partial charge in [0.2, 0.25) is 0 Å². The van der Waals surface area contributed by atoms with E-state index in [1.807, 2.05) is 19.9 Å². The lowest BCUT2D eigenvalue weighted by atomic mass is 10.1. The number of hydrogen-bond acceptors (Lipinski definition) is 7. The van der Waals surface area contributed by atoms with Gasteiger partial charge in [-0.15, -0.1) is 0 Å². The molecule has 0 fully saturated rings. The first-order valence-corrected chi connectivity index (χ1v) is 8.60. The first-order valence-electron chi connectivity index (χ1n) is 8.60. The summed E-state index contributed by atoms with van der Waals surface area (Å²) < 4.78 is 1.63. The van der Waals surface area contributed by atoms with Crippen LogP contribution in [0, 0.1) is 0 Å². The molecule has 3 N–H and O–H groups in total. The summed E-state index contributed by atoms with van der Waals surface area (Å²) in [7, 11) is 0. The van der Waals surface area contributed by atoms with Gasteiger partial charge in [-0.2, -0.15) is 0 Å². The third-order valence-electron chi connectivity index (χ3n) is 4.17. The SMILES string of the molecule is CCC(CO)Nc1nc(Nc2cnccn2)cc2ccn(CC)c(=O)c12. The Morgan fingerprint density at radius 1 is 1.27 bits per heavy atom. The van der Waals surface area contributed by atoms with Crippen molar-refractivity contribution in [3.63, 3.8) is 0 Å². The van der Waals surface area contributed by atoms with E-state index >= 15 is 0 Å². The van der Waals surface area contributed by atoms with E-state index in [0.29, 0.717) is 35.8 Å². The van der Waals surface area contributed by atoms with Crippen molar-refractivity contribution in [3.05, 3.63) is 47.3 Å². The zero-order chi connectivity index (χ0) is 18.5. The summed E-state index contributed by atoms with van der Waals surface area (Å²) in [6.45, 7) is 4.41. The molecule has 3 rings (SSSR count). The molecule has 8 nitrogen and oxygen atoms in total. The van der Waals surface area contributed by atoms with Crippen LogP contribution in [0.25, 0.3) is 10.8 Å². The van der Waals surface area contributed by atoms with Gasteiger partial charge in [-0.1, -0.05) is 6.92 Å². The van der Waals surface area contributed by atoms with Crippen LogP contribution in [0.2, 0.25) is 0 Å². The van der Waals surface area contributed by atoms with Gasteiger partial charge in [0, 0.05) is 25.1 Å². The molecule has 136 valence electrons. The quantitative estimate of drug-likeness (QED) is 0.597. The van der Waals surface area contributed by atoms with Crippen LogP contribution in [-0.4, -0.2) is 37.3 Å². The lowest BCUT2D eigenvalue weighted by molar-refractivity contribution is 0.271. The minimum absolute atomic E-state index is 0.0453. The van der Waals surface area contributed by atoms with Crippen molar-refractivity contribution in [2.24, 2.45) is 0 Å². The van der Waals surface area contributed by atoms with E-state index in [0.717, 1.165) is 5.39 Å². The Bertz CT molecular complexity index is 938. The van der Waals surface area contributed by atoms with Gasteiger partial charge < -0.3 is 20.3 Å². The molecular weight excluding hydrogens is 332 g/mol. The maximum Gasteiger partial charge on any atom is 0.262 e. The zero-order valence-electron chi connectivity index (χ0n) is 14.8. The number of fused-ring (bicyclic) bond motifs is 1. The molecule has 0 aliphatic carbocycles. The lowest BCUT2D eigenvalue weighted by Gasteiger charge is -2.18. The first-order chi connectivity index (χ1) is 12.7. The van der Waals surface area contributed by atoms with Crippen molar-refractivity contribution in [3.8, 4) is 0 Å². The van der Waals surface area contributed by atoms with Crippen LogP contribution in [0.3, 0.4) is 0 Å².